The van der Waals surface area contributed by atoms with Crippen molar-refractivity contribution in [2.24, 2.45) is 0 Å². The molecule has 6 nitrogen and oxygen atoms in total. The van der Waals surface area contributed by atoms with Crippen LogP contribution in [0.3, 0.4) is 0 Å². The summed E-state index contributed by atoms with van der Waals surface area (Å²) in [5, 5.41) is 11.2. The van der Waals surface area contributed by atoms with E-state index in [1.165, 1.54) is 11.3 Å². The van der Waals surface area contributed by atoms with Crippen molar-refractivity contribution >= 4 is 28.1 Å². The SMILES string of the molecule is CC1CN(c2nc3sccn3c2C(=O)O)CCO1. The second-order valence-electron chi connectivity index (χ2n) is 4.27. The van der Waals surface area contributed by atoms with Crippen LogP contribution in [-0.4, -0.2) is 46.3 Å². The van der Waals surface area contributed by atoms with Crippen LogP contribution in [0.4, 0.5) is 5.82 Å². The number of thiazole rings is 1. The molecule has 1 N–H and O–H groups in total. The molecule has 2 aromatic heterocycles. The summed E-state index contributed by atoms with van der Waals surface area (Å²) >= 11 is 1.44. The van der Waals surface area contributed by atoms with E-state index in [2.05, 4.69) is 4.98 Å². The molecule has 0 saturated carbocycles. The highest BCUT2D eigenvalue weighted by molar-refractivity contribution is 7.15. The third kappa shape index (κ3) is 1.75. The zero-order chi connectivity index (χ0) is 12.7. The van der Waals surface area contributed by atoms with Gasteiger partial charge in [0.2, 0.25) is 0 Å². The Bertz CT molecular complexity index is 591. The number of imidazole rings is 1. The van der Waals surface area contributed by atoms with Crippen molar-refractivity contribution in [2.45, 2.75) is 13.0 Å². The molecule has 0 radical (unpaired) electrons. The number of fused-ring (bicyclic) bond motifs is 1. The summed E-state index contributed by atoms with van der Waals surface area (Å²) in [5.74, 6) is -0.403. The average Bonchev–Trinajstić information content (AvgIpc) is 2.87. The van der Waals surface area contributed by atoms with Gasteiger partial charge in [-0.2, -0.15) is 0 Å². The number of carboxylic acids is 1. The predicted octanol–water partition coefficient (Wildman–Crippen LogP) is 1.32. The van der Waals surface area contributed by atoms with E-state index in [-0.39, 0.29) is 11.8 Å². The molecule has 18 heavy (non-hydrogen) atoms. The summed E-state index contributed by atoms with van der Waals surface area (Å²) in [4.78, 5) is 18.5. The summed E-state index contributed by atoms with van der Waals surface area (Å²) in [6.45, 7) is 3.93. The van der Waals surface area contributed by atoms with Gasteiger partial charge in [0, 0.05) is 24.7 Å². The maximum absolute atomic E-state index is 11.4. The Morgan fingerprint density at radius 2 is 2.50 bits per heavy atom. The van der Waals surface area contributed by atoms with Gasteiger partial charge in [-0.3, -0.25) is 4.40 Å². The summed E-state index contributed by atoms with van der Waals surface area (Å²) in [6, 6.07) is 0. The fourth-order valence-corrected chi connectivity index (χ4v) is 2.91. The molecule has 0 bridgehead atoms. The Morgan fingerprint density at radius 3 is 3.22 bits per heavy atom. The first kappa shape index (κ1) is 11.5. The molecule has 3 rings (SSSR count). The average molecular weight is 267 g/mol. The van der Waals surface area contributed by atoms with Crippen molar-refractivity contribution in [3.05, 3.63) is 17.3 Å². The first-order valence-electron chi connectivity index (χ1n) is 5.72. The van der Waals surface area contributed by atoms with Gasteiger partial charge >= 0.3 is 5.97 Å². The number of rotatable bonds is 2. The Morgan fingerprint density at radius 1 is 1.67 bits per heavy atom. The third-order valence-electron chi connectivity index (χ3n) is 2.99. The summed E-state index contributed by atoms with van der Waals surface area (Å²) < 4.78 is 7.09. The highest BCUT2D eigenvalue weighted by Crippen LogP contribution is 2.26. The van der Waals surface area contributed by atoms with Gasteiger partial charge < -0.3 is 14.7 Å². The number of hydrogen-bond acceptors (Lipinski definition) is 5. The largest absolute Gasteiger partial charge is 0.476 e. The minimum absolute atomic E-state index is 0.0973. The molecule has 0 spiro atoms. The van der Waals surface area contributed by atoms with Gasteiger partial charge in [0.05, 0.1) is 12.7 Å². The van der Waals surface area contributed by atoms with Crippen molar-refractivity contribution in [2.75, 3.05) is 24.6 Å². The topological polar surface area (TPSA) is 67.1 Å². The zero-order valence-electron chi connectivity index (χ0n) is 9.87. The van der Waals surface area contributed by atoms with Crippen molar-refractivity contribution in [1.82, 2.24) is 9.38 Å². The molecular weight excluding hydrogens is 254 g/mol. The lowest BCUT2D eigenvalue weighted by atomic mass is 10.3. The Labute approximate surface area is 107 Å². The number of carbonyl (C=O) groups is 1. The maximum Gasteiger partial charge on any atom is 0.356 e. The quantitative estimate of drug-likeness (QED) is 0.889. The minimum atomic E-state index is -0.949. The first-order valence-corrected chi connectivity index (χ1v) is 6.60. The zero-order valence-corrected chi connectivity index (χ0v) is 10.7. The fourth-order valence-electron chi connectivity index (χ4n) is 2.20. The van der Waals surface area contributed by atoms with Crippen LogP contribution in [0.1, 0.15) is 17.4 Å². The molecule has 2 aromatic rings. The molecule has 3 heterocycles. The van der Waals surface area contributed by atoms with Crippen molar-refractivity contribution in [1.29, 1.82) is 0 Å². The second kappa shape index (κ2) is 4.25. The number of morpholine rings is 1. The number of hydrogen-bond donors (Lipinski definition) is 1. The molecular formula is C11H13N3O3S. The van der Waals surface area contributed by atoms with Crippen LogP contribution in [0.2, 0.25) is 0 Å². The van der Waals surface area contributed by atoms with Gasteiger partial charge in [0.25, 0.3) is 0 Å². The van der Waals surface area contributed by atoms with Gasteiger partial charge in [0.1, 0.15) is 0 Å². The van der Waals surface area contributed by atoms with E-state index in [0.717, 1.165) is 0 Å². The first-order chi connectivity index (χ1) is 8.66. The van der Waals surface area contributed by atoms with Gasteiger partial charge in [-0.05, 0) is 6.92 Å². The van der Waals surface area contributed by atoms with Gasteiger partial charge in [-0.25, -0.2) is 9.78 Å². The Hall–Kier alpha value is -1.60. The molecule has 1 fully saturated rings. The van der Waals surface area contributed by atoms with E-state index in [9.17, 15) is 9.90 Å². The molecule has 7 heteroatoms. The van der Waals surface area contributed by atoms with Crippen LogP contribution in [0.25, 0.3) is 4.96 Å². The number of aromatic carboxylic acids is 1. The number of carboxylic acid groups (broad SMARTS) is 1. The van der Waals surface area contributed by atoms with Crippen molar-refractivity contribution in [3.63, 3.8) is 0 Å². The smallest absolute Gasteiger partial charge is 0.356 e. The van der Waals surface area contributed by atoms with Gasteiger partial charge in [0.15, 0.2) is 16.5 Å². The Balaban J connectivity index is 2.07. The summed E-state index contributed by atoms with van der Waals surface area (Å²) in [6.07, 6.45) is 1.84. The van der Waals surface area contributed by atoms with E-state index in [1.807, 2.05) is 17.2 Å². The van der Waals surface area contributed by atoms with Crippen LogP contribution in [0.15, 0.2) is 11.6 Å². The lowest BCUT2D eigenvalue weighted by molar-refractivity contribution is 0.0525. The van der Waals surface area contributed by atoms with Gasteiger partial charge in [-0.15, -0.1) is 11.3 Å². The molecule has 96 valence electrons. The van der Waals surface area contributed by atoms with Gasteiger partial charge in [-0.1, -0.05) is 0 Å². The molecule has 1 saturated heterocycles. The Kier molecular flexibility index (Phi) is 2.71. The standard InChI is InChI=1S/C11H13N3O3S/c1-7-6-13(2-4-17-7)9-8(10(15)16)14-3-5-18-11(14)12-9/h3,5,7H,2,4,6H2,1H3,(H,15,16). The summed E-state index contributed by atoms with van der Waals surface area (Å²) in [5.41, 5.74) is 0.236. The predicted molar refractivity (Wildman–Crippen MR) is 67.7 cm³/mol. The van der Waals surface area contributed by atoms with Crippen molar-refractivity contribution in [3.8, 4) is 0 Å². The second-order valence-corrected chi connectivity index (χ2v) is 5.15. The number of anilines is 1. The number of aromatic nitrogens is 2. The molecule has 1 atom stereocenters. The van der Waals surface area contributed by atoms with Crippen molar-refractivity contribution < 1.29 is 14.6 Å². The minimum Gasteiger partial charge on any atom is -0.476 e. The normalized spacial score (nSPS) is 20.5. The number of ether oxygens (including phenoxy) is 1. The molecule has 0 aliphatic carbocycles. The van der Waals surface area contributed by atoms with Crippen LogP contribution in [0, 0.1) is 0 Å². The highest BCUT2D eigenvalue weighted by Gasteiger charge is 2.26. The van der Waals surface area contributed by atoms with Crippen LogP contribution >= 0.6 is 11.3 Å². The van der Waals surface area contributed by atoms with E-state index < -0.39 is 5.97 Å². The highest BCUT2D eigenvalue weighted by atomic mass is 32.1. The molecule has 1 unspecified atom stereocenters. The lowest BCUT2D eigenvalue weighted by Crippen LogP contribution is -2.42. The van der Waals surface area contributed by atoms with Crippen LogP contribution in [-0.2, 0) is 4.74 Å². The third-order valence-corrected chi connectivity index (χ3v) is 3.74. The molecule has 0 aromatic carbocycles. The summed E-state index contributed by atoms with van der Waals surface area (Å²) in [7, 11) is 0. The van der Waals surface area contributed by atoms with E-state index in [4.69, 9.17) is 4.74 Å². The lowest BCUT2D eigenvalue weighted by Gasteiger charge is -2.31. The monoisotopic (exact) mass is 267 g/mol. The fraction of sp³-hybridized carbons (Fsp3) is 0.455. The maximum atomic E-state index is 11.4. The molecule has 1 aliphatic heterocycles. The van der Waals surface area contributed by atoms with E-state index >= 15 is 0 Å². The molecule has 0 amide bonds. The molecule has 1 aliphatic rings. The van der Waals surface area contributed by atoms with Crippen LogP contribution < -0.4 is 4.90 Å². The van der Waals surface area contributed by atoms with Crippen LogP contribution in [0.5, 0.6) is 0 Å². The van der Waals surface area contributed by atoms with E-state index in [1.54, 1.807) is 10.6 Å². The van der Waals surface area contributed by atoms with E-state index in [0.29, 0.717) is 30.5 Å². The number of nitrogens with zero attached hydrogens (tertiary/aromatic N) is 3.